The first-order valence-electron chi connectivity index (χ1n) is 11.0. The van der Waals surface area contributed by atoms with Crippen LogP contribution in [0.4, 0.5) is 9.18 Å². The average molecular weight is 452 g/mol. The molecule has 2 atom stereocenters. The Bertz CT molecular complexity index is 1090. The van der Waals surface area contributed by atoms with E-state index in [1.807, 2.05) is 25.1 Å². The monoisotopic (exact) mass is 451 g/mol. The number of likely N-dealkylation sites (N-methyl/N-ethyl adjacent to an activating group) is 1. The summed E-state index contributed by atoms with van der Waals surface area (Å²) in [6.07, 6.45) is 2.28. The van der Waals surface area contributed by atoms with Crippen LogP contribution < -0.4 is 10.6 Å². The first kappa shape index (κ1) is 22.4. The van der Waals surface area contributed by atoms with Crippen molar-refractivity contribution >= 4 is 17.8 Å². The molecule has 2 aliphatic heterocycles. The standard InChI is InChI=1S/C24H26FN5O3/c1-3-29-19-14-30(15(2)22(31)27-13-11-18-6-4-5-12-26-18)23(32)20(19)21(28-24(29)33)16-7-9-17(25)10-8-16/h4-10,12,15,21H,3,11,13-14H2,1-2H3,(H,27,31)(H,28,33). The number of carbonyl (C=O) groups excluding carboxylic acids is 3. The average Bonchev–Trinajstić information content (AvgIpc) is 3.16. The van der Waals surface area contributed by atoms with E-state index in [4.69, 9.17) is 0 Å². The molecule has 0 radical (unpaired) electrons. The number of hydrogen-bond donors (Lipinski definition) is 2. The third kappa shape index (κ3) is 4.44. The third-order valence-corrected chi connectivity index (χ3v) is 6.02. The molecule has 9 heteroatoms. The van der Waals surface area contributed by atoms with Crippen molar-refractivity contribution in [2.24, 2.45) is 0 Å². The molecule has 0 saturated carbocycles. The predicted octanol–water partition coefficient (Wildman–Crippen LogP) is 2.15. The molecule has 0 fully saturated rings. The molecule has 0 spiro atoms. The lowest BCUT2D eigenvalue weighted by Crippen LogP contribution is -2.47. The van der Waals surface area contributed by atoms with E-state index in [1.54, 1.807) is 25.3 Å². The van der Waals surface area contributed by atoms with E-state index in [0.717, 1.165) is 5.69 Å². The summed E-state index contributed by atoms with van der Waals surface area (Å²) in [5, 5.41) is 5.71. The molecule has 4 amide bonds. The van der Waals surface area contributed by atoms with Gasteiger partial charge in [0.15, 0.2) is 0 Å². The van der Waals surface area contributed by atoms with Crippen LogP contribution in [0.5, 0.6) is 0 Å². The molecule has 2 aliphatic rings. The molecule has 172 valence electrons. The number of halogens is 1. The second kappa shape index (κ2) is 9.40. The van der Waals surface area contributed by atoms with Crippen molar-refractivity contribution in [1.29, 1.82) is 0 Å². The second-order valence-corrected chi connectivity index (χ2v) is 8.01. The first-order valence-corrected chi connectivity index (χ1v) is 11.0. The topological polar surface area (TPSA) is 94.6 Å². The van der Waals surface area contributed by atoms with Gasteiger partial charge in [-0.1, -0.05) is 18.2 Å². The zero-order chi connectivity index (χ0) is 23.5. The van der Waals surface area contributed by atoms with Crippen LogP contribution in [0.25, 0.3) is 0 Å². The maximum atomic E-state index is 13.4. The normalized spacial score (nSPS) is 18.8. The quantitative estimate of drug-likeness (QED) is 0.675. The minimum atomic E-state index is -0.727. The Morgan fingerprint density at radius 3 is 2.67 bits per heavy atom. The summed E-state index contributed by atoms with van der Waals surface area (Å²) in [5.74, 6) is -0.995. The molecule has 8 nitrogen and oxygen atoms in total. The first-order chi connectivity index (χ1) is 15.9. The molecule has 1 aromatic carbocycles. The fourth-order valence-electron chi connectivity index (χ4n) is 4.21. The molecule has 4 rings (SSSR count). The Kier molecular flexibility index (Phi) is 6.39. The Morgan fingerprint density at radius 1 is 1.24 bits per heavy atom. The van der Waals surface area contributed by atoms with E-state index in [-0.39, 0.29) is 24.4 Å². The van der Waals surface area contributed by atoms with Crippen LogP contribution in [0.2, 0.25) is 0 Å². The maximum absolute atomic E-state index is 13.4. The number of aromatic nitrogens is 1. The Morgan fingerprint density at radius 2 is 2.00 bits per heavy atom. The maximum Gasteiger partial charge on any atom is 0.322 e. The van der Waals surface area contributed by atoms with Gasteiger partial charge >= 0.3 is 6.03 Å². The molecule has 0 aliphatic carbocycles. The van der Waals surface area contributed by atoms with E-state index in [2.05, 4.69) is 15.6 Å². The Labute approximate surface area is 191 Å². The minimum Gasteiger partial charge on any atom is -0.354 e. The summed E-state index contributed by atoms with van der Waals surface area (Å²) in [4.78, 5) is 46.1. The SMILES string of the molecule is CCN1C(=O)NC(c2ccc(F)cc2)C2=C1CN(C(C)C(=O)NCCc1ccccn1)C2=O. The highest BCUT2D eigenvalue weighted by molar-refractivity contribution is 6.03. The Balaban J connectivity index is 1.50. The smallest absolute Gasteiger partial charge is 0.322 e. The van der Waals surface area contributed by atoms with Crippen LogP contribution in [0.3, 0.4) is 0 Å². The van der Waals surface area contributed by atoms with Gasteiger partial charge in [-0.3, -0.25) is 19.5 Å². The lowest BCUT2D eigenvalue weighted by Gasteiger charge is -2.32. The van der Waals surface area contributed by atoms with Gasteiger partial charge in [-0.25, -0.2) is 9.18 Å². The summed E-state index contributed by atoms with van der Waals surface area (Å²) >= 11 is 0. The molecule has 0 bridgehead atoms. The highest BCUT2D eigenvalue weighted by Crippen LogP contribution is 2.36. The van der Waals surface area contributed by atoms with Crippen LogP contribution in [0, 0.1) is 5.82 Å². The van der Waals surface area contributed by atoms with E-state index < -0.39 is 17.9 Å². The second-order valence-electron chi connectivity index (χ2n) is 8.01. The summed E-state index contributed by atoms with van der Waals surface area (Å²) < 4.78 is 13.4. The molecular formula is C24H26FN5O3. The number of pyridine rings is 1. The number of urea groups is 1. The van der Waals surface area contributed by atoms with E-state index in [9.17, 15) is 18.8 Å². The van der Waals surface area contributed by atoms with Crippen molar-refractivity contribution in [3.63, 3.8) is 0 Å². The van der Waals surface area contributed by atoms with Gasteiger partial charge in [0, 0.05) is 31.4 Å². The van der Waals surface area contributed by atoms with Gasteiger partial charge in [-0.15, -0.1) is 0 Å². The van der Waals surface area contributed by atoms with E-state index in [0.29, 0.717) is 36.3 Å². The fraction of sp³-hybridized carbons (Fsp3) is 0.333. The van der Waals surface area contributed by atoms with Crippen molar-refractivity contribution < 1.29 is 18.8 Å². The van der Waals surface area contributed by atoms with Gasteiger partial charge in [0.25, 0.3) is 5.91 Å². The highest BCUT2D eigenvalue weighted by atomic mass is 19.1. The van der Waals surface area contributed by atoms with Gasteiger partial charge in [-0.05, 0) is 43.7 Å². The Hall–Kier alpha value is -3.75. The van der Waals surface area contributed by atoms with Crippen molar-refractivity contribution in [2.75, 3.05) is 19.6 Å². The van der Waals surface area contributed by atoms with E-state index in [1.165, 1.54) is 21.9 Å². The van der Waals surface area contributed by atoms with Gasteiger partial charge in [-0.2, -0.15) is 0 Å². The number of nitrogens with zero attached hydrogens (tertiary/aromatic N) is 3. The zero-order valence-electron chi connectivity index (χ0n) is 18.5. The summed E-state index contributed by atoms with van der Waals surface area (Å²) in [6.45, 7) is 4.43. The fourth-order valence-corrected chi connectivity index (χ4v) is 4.21. The van der Waals surface area contributed by atoms with Gasteiger partial charge in [0.05, 0.1) is 23.9 Å². The molecule has 0 saturated heterocycles. The molecule has 2 N–H and O–H groups in total. The van der Waals surface area contributed by atoms with Crippen LogP contribution in [0.15, 0.2) is 59.9 Å². The lowest BCUT2D eigenvalue weighted by atomic mass is 9.95. The molecular weight excluding hydrogens is 425 g/mol. The number of benzene rings is 1. The van der Waals surface area contributed by atoms with Gasteiger partial charge < -0.3 is 15.5 Å². The number of nitrogens with one attached hydrogen (secondary N) is 2. The summed E-state index contributed by atoms with van der Waals surface area (Å²) in [7, 11) is 0. The summed E-state index contributed by atoms with van der Waals surface area (Å²) in [5.41, 5.74) is 2.46. The molecule has 33 heavy (non-hydrogen) atoms. The van der Waals surface area contributed by atoms with Crippen molar-refractivity contribution in [2.45, 2.75) is 32.4 Å². The largest absolute Gasteiger partial charge is 0.354 e. The molecule has 3 heterocycles. The van der Waals surface area contributed by atoms with Crippen LogP contribution in [-0.2, 0) is 16.0 Å². The third-order valence-electron chi connectivity index (χ3n) is 6.02. The number of carbonyl (C=O) groups is 3. The van der Waals surface area contributed by atoms with Crippen LogP contribution in [-0.4, -0.2) is 58.3 Å². The summed E-state index contributed by atoms with van der Waals surface area (Å²) in [6, 6.07) is 9.54. The molecule has 2 aromatic rings. The lowest BCUT2D eigenvalue weighted by molar-refractivity contribution is -0.135. The highest BCUT2D eigenvalue weighted by Gasteiger charge is 2.45. The van der Waals surface area contributed by atoms with Crippen molar-refractivity contribution in [3.8, 4) is 0 Å². The van der Waals surface area contributed by atoms with Gasteiger partial charge in [0.2, 0.25) is 5.91 Å². The van der Waals surface area contributed by atoms with Crippen molar-refractivity contribution in [1.82, 2.24) is 25.4 Å². The number of hydrogen-bond acceptors (Lipinski definition) is 4. The predicted molar refractivity (Wildman–Crippen MR) is 119 cm³/mol. The van der Waals surface area contributed by atoms with E-state index >= 15 is 0 Å². The number of rotatable bonds is 7. The molecule has 2 unspecified atom stereocenters. The number of amides is 4. The van der Waals surface area contributed by atoms with Gasteiger partial charge in [0.1, 0.15) is 11.9 Å². The minimum absolute atomic E-state index is 0.155. The van der Waals surface area contributed by atoms with Crippen molar-refractivity contribution in [3.05, 3.63) is 77.0 Å². The molecule has 1 aromatic heterocycles. The van der Waals surface area contributed by atoms with Crippen LogP contribution >= 0.6 is 0 Å². The zero-order valence-corrected chi connectivity index (χ0v) is 18.5. The van der Waals surface area contributed by atoms with Crippen LogP contribution in [0.1, 0.15) is 31.1 Å².